The van der Waals surface area contributed by atoms with Crippen molar-refractivity contribution in [2.45, 2.75) is 63.5 Å². The van der Waals surface area contributed by atoms with E-state index in [1.165, 1.54) is 44.9 Å². The second-order valence-corrected chi connectivity index (χ2v) is 5.93. The number of morpholine rings is 1. The highest BCUT2D eigenvalue weighted by molar-refractivity contribution is 5.76. The van der Waals surface area contributed by atoms with Gasteiger partial charge in [-0.05, 0) is 12.8 Å². The Labute approximate surface area is 116 Å². The third-order valence-electron chi connectivity index (χ3n) is 4.44. The van der Waals surface area contributed by atoms with Crippen LogP contribution in [-0.4, -0.2) is 49.7 Å². The standard InChI is InChI=1S/C15H28N2O2/c1-17(14-7-5-3-2-4-6-8-14)15(18)11-13-12-19-10-9-16-13/h13-14,16H,2-12H2,1H3. The molecule has 1 heterocycles. The zero-order valence-electron chi connectivity index (χ0n) is 12.2. The maximum atomic E-state index is 12.3. The van der Waals surface area contributed by atoms with E-state index >= 15 is 0 Å². The fraction of sp³-hybridized carbons (Fsp3) is 0.933. The number of amides is 1. The molecule has 2 rings (SSSR count). The summed E-state index contributed by atoms with van der Waals surface area (Å²) in [5.41, 5.74) is 0. The summed E-state index contributed by atoms with van der Waals surface area (Å²) < 4.78 is 5.41. The summed E-state index contributed by atoms with van der Waals surface area (Å²) in [6.45, 7) is 2.30. The molecule has 19 heavy (non-hydrogen) atoms. The molecule has 110 valence electrons. The molecule has 4 nitrogen and oxygen atoms in total. The number of hydrogen-bond acceptors (Lipinski definition) is 3. The quantitative estimate of drug-likeness (QED) is 0.850. The average molecular weight is 268 g/mol. The summed E-state index contributed by atoms with van der Waals surface area (Å²) in [7, 11) is 1.98. The first-order chi connectivity index (χ1) is 9.27. The van der Waals surface area contributed by atoms with E-state index < -0.39 is 0 Å². The Morgan fingerprint density at radius 1 is 1.21 bits per heavy atom. The molecule has 2 fully saturated rings. The fourth-order valence-electron chi connectivity index (χ4n) is 3.13. The smallest absolute Gasteiger partial charge is 0.224 e. The van der Waals surface area contributed by atoms with Crippen LogP contribution in [0.3, 0.4) is 0 Å². The molecule has 1 amide bonds. The van der Waals surface area contributed by atoms with Gasteiger partial charge in [0.25, 0.3) is 0 Å². The van der Waals surface area contributed by atoms with E-state index in [2.05, 4.69) is 5.32 Å². The van der Waals surface area contributed by atoms with E-state index in [1.54, 1.807) is 0 Å². The Morgan fingerprint density at radius 3 is 2.53 bits per heavy atom. The van der Waals surface area contributed by atoms with E-state index in [-0.39, 0.29) is 11.9 Å². The van der Waals surface area contributed by atoms with Gasteiger partial charge in [0.05, 0.1) is 13.2 Å². The largest absolute Gasteiger partial charge is 0.378 e. The molecule has 0 radical (unpaired) electrons. The average Bonchev–Trinajstić information content (AvgIpc) is 2.39. The summed E-state index contributed by atoms with van der Waals surface area (Å²) >= 11 is 0. The molecule has 0 spiro atoms. The van der Waals surface area contributed by atoms with Gasteiger partial charge in [-0.2, -0.15) is 0 Å². The highest BCUT2D eigenvalue weighted by atomic mass is 16.5. The molecular weight excluding hydrogens is 240 g/mol. The van der Waals surface area contributed by atoms with Crippen LogP contribution in [0.1, 0.15) is 51.4 Å². The number of nitrogens with zero attached hydrogens (tertiary/aromatic N) is 1. The topological polar surface area (TPSA) is 41.6 Å². The molecule has 1 saturated heterocycles. The van der Waals surface area contributed by atoms with Crippen LogP contribution >= 0.6 is 0 Å². The zero-order chi connectivity index (χ0) is 13.5. The predicted octanol–water partition coefficient (Wildman–Crippen LogP) is 1.94. The number of carbonyl (C=O) groups excluding carboxylic acids is 1. The minimum atomic E-state index is 0.206. The number of carbonyl (C=O) groups is 1. The second-order valence-electron chi connectivity index (χ2n) is 5.93. The highest BCUT2D eigenvalue weighted by Crippen LogP contribution is 2.21. The van der Waals surface area contributed by atoms with E-state index in [1.807, 2.05) is 11.9 Å². The Balaban J connectivity index is 1.78. The van der Waals surface area contributed by atoms with Crippen molar-refractivity contribution in [1.29, 1.82) is 0 Å². The van der Waals surface area contributed by atoms with Crippen molar-refractivity contribution in [3.05, 3.63) is 0 Å². The highest BCUT2D eigenvalue weighted by Gasteiger charge is 2.24. The molecule has 1 unspecified atom stereocenters. The Bertz CT molecular complexity index is 269. The lowest BCUT2D eigenvalue weighted by Crippen LogP contribution is -2.46. The van der Waals surface area contributed by atoms with E-state index in [0.29, 0.717) is 19.1 Å². The molecule has 0 bridgehead atoms. The van der Waals surface area contributed by atoms with Gasteiger partial charge in [-0.15, -0.1) is 0 Å². The first-order valence-electron chi connectivity index (χ1n) is 7.84. The molecule has 4 heteroatoms. The lowest BCUT2D eigenvalue weighted by molar-refractivity contribution is -0.133. The van der Waals surface area contributed by atoms with E-state index in [9.17, 15) is 4.79 Å². The summed E-state index contributed by atoms with van der Waals surface area (Å²) in [6, 6.07) is 0.662. The molecule has 1 N–H and O–H groups in total. The molecule has 1 saturated carbocycles. The van der Waals surface area contributed by atoms with Crippen molar-refractivity contribution < 1.29 is 9.53 Å². The lowest BCUT2D eigenvalue weighted by atomic mass is 9.95. The summed E-state index contributed by atoms with van der Waals surface area (Å²) in [5, 5.41) is 3.36. The number of ether oxygens (including phenoxy) is 1. The van der Waals surface area contributed by atoms with Crippen molar-refractivity contribution in [2.75, 3.05) is 26.8 Å². The van der Waals surface area contributed by atoms with E-state index in [4.69, 9.17) is 4.74 Å². The normalized spacial score (nSPS) is 26.5. The van der Waals surface area contributed by atoms with Gasteiger partial charge in [0.1, 0.15) is 0 Å². The molecule has 1 aliphatic carbocycles. The molecule has 1 aliphatic heterocycles. The van der Waals surface area contributed by atoms with Gasteiger partial charge < -0.3 is 15.0 Å². The van der Waals surface area contributed by atoms with Gasteiger partial charge in [-0.25, -0.2) is 0 Å². The van der Waals surface area contributed by atoms with Gasteiger partial charge in [0.15, 0.2) is 0 Å². The Kier molecular flexibility index (Phi) is 6.11. The number of hydrogen-bond donors (Lipinski definition) is 1. The zero-order valence-corrected chi connectivity index (χ0v) is 12.2. The maximum absolute atomic E-state index is 12.3. The summed E-state index contributed by atoms with van der Waals surface area (Å²) in [6.07, 6.45) is 9.50. The molecule has 1 atom stereocenters. The van der Waals surface area contributed by atoms with Crippen LogP contribution < -0.4 is 5.32 Å². The van der Waals surface area contributed by atoms with Crippen molar-refractivity contribution in [3.8, 4) is 0 Å². The lowest BCUT2D eigenvalue weighted by Gasteiger charge is -2.32. The maximum Gasteiger partial charge on any atom is 0.224 e. The fourth-order valence-corrected chi connectivity index (χ4v) is 3.13. The van der Waals surface area contributed by atoms with Gasteiger partial charge in [0.2, 0.25) is 5.91 Å². The minimum absolute atomic E-state index is 0.206. The van der Waals surface area contributed by atoms with Gasteiger partial charge in [-0.1, -0.05) is 32.1 Å². The monoisotopic (exact) mass is 268 g/mol. The third-order valence-corrected chi connectivity index (χ3v) is 4.44. The van der Waals surface area contributed by atoms with Crippen LogP contribution in [0.4, 0.5) is 0 Å². The molecule has 0 aromatic carbocycles. The van der Waals surface area contributed by atoms with Crippen molar-refractivity contribution in [3.63, 3.8) is 0 Å². The Morgan fingerprint density at radius 2 is 1.89 bits per heavy atom. The molecular formula is C15H28N2O2. The summed E-state index contributed by atoms with van der Waals surface area (Å²) in [5.74, 6) is 0.272. The van der Waals surface area contributed by atoms with Gasteiger partial charge in [0, 0.05) is 32.1 Å². The van der Waals surface area contributed by atoms with Crippen molar-refractivity contribution >= 4 is 5.91 Å². The Hall–Kier alpha value is -0.610. The summed E-state index contributed by atoms with van der Waals surface area (Å²) in [4.78, 5) is 14.3. The van der Waals surface area contributed by atoms with Gasteiger partial charge in [-0.3, -0.25) is 4.79 Å². The third kappa shape index (κ3) is 4.77. The van der Waals surface area contributed by atoms with Crippen molar-refractivity contribution in [2.24, 2.45) is 0 Å². The van der Waals surface area contributed by atoms with Crippen LogP contribution in [0.5, 0.6) is 0 Å². The first-order valence-corrected chi connectivity index (χ1v) is 7.84. The first kappa shape index (κ1) is 14.8. The van der Waals surface area contributed by atoms with Crippen LogP contribution in [-0.2, 0) is 9.53 Å². The molecule has 0 aromatic heterocycles. The van der Waals surface area contributed by atoms with E-state index in [0.717, 1.165) is 13.2 Å². The second kappa shape index (κ2) is 7.85. The number of nitrogens with one attached hydrogen (secondary N) is 1. The van der Waals surface area contributed by atoms with Crippen LogP contribution in [0.25, 0.3) is 0 Å². The van der Waals surface area contributed by atoms with Gasteiger partial charge >= 0.3 is 0 Å². The van der Waals surface area contributed by atoms with Crippen LogP contribution in [0.15, 0.2) is 0 Å². The minimum Gasteiger partial charge on any atom is -0.378 e. The molecule has 0 aromatic rings. The predicted molar refractivity (Wildman–Crippen MR) is 76.1 cm³/mol. The van der Waals surface area contributed by atoms with Crippen molar-refractivity contribution in [1.82, 2.24) is 10.2 Å². The van der Waals surface area contributed by atoms with Crippen LogP contribution in [0, 0.1) is 0 Å². The van der Waals surface area contributed by atoms with Crippen LogP contribution in [0.2, 0.25) is 0 Å². The SMILES string of the molecule is CN(C(=O)CC1COCCN1)C1CCCCCCC1. The molecule has 2 aliphatic rings. The number of rotatable bonds is 3.